The van der Waals surface area contributed by atoms with E-state index in [1.807, 2.05) is 92.2 Å². The molecule has 4 atom stereocenters. The highest BCUT2D eigenvalue weighted by atomic mass is 28.3. The number of amidine groups is 1. The lowest BCUT2D eigenvalue weighted by molar-refractivity contribution is -0.136. The number of ether oxygens (including phenoxy) is 4. The maximum absolute atomic E-state index is 14.3. The number of benzene rings is 2. The maximum Gasteiger partial charge on any atom is 0.407 e. The molecule has 3 N–H and O–H groups in total. The largest absolute Gasteiger partial charge is 0.453 e. The van der Waals surface area contributed by atoms with E-state index in [9.17, 15) is 19.2 Å². The quantitative estimate of drug-likeness (QED) is 0.0234. The Kier molecular flexibility index (Phi) is 21.7. The average Bonchev–Trinajstić information content (AvgIpc) is 4.02. The predicted octanol–water partition coefficient (Wildman–Crippen LogP) is 8.15. The van der Waals surface area contributed by atoms with Gasteiger partial charge in [0.2, 0.25) is 11.8 Å². The van der Waals surface area contributed by atoms with Gasteiger partial charge in [0.15, 0.2) is 0 Å². The summed E-state index contributed by atoms with van der Waals surface area (Å²) in [6.45, 7) is 28.2. The molecule has 2 aliphatic rings. The summed E-state index contributed by atoms with van der Waals surface area (Å²) < 4.78 is 24.4. The molecule has 3 aromatic rings. The molecular formula is C54H83N9O8Si2. The van der Waals surface area contributed by atoms with Crippen molar-refractivity contribution in [1.29, 1.82) is 0 Å². The molecule has 2 fully saturated rings. The van der Waals surface area contributed by atoms with Crippen molar-refractivity contribution in [3.8, 4) is 23.1 Å². The number of likely N-dealkylation sites (tertiary alicyclic amines) is 1. The minimum atomic E-state index is -1.35. The zero-order valence-electron chi connectivity index (χ0n) is 45.8. The van der Waals surface area contributed by atoms with Crippen molar-refractivity contribution in [2.75, 3.05) is 66.9 Å². The number of aromatic nitrogens is 2. The first-order valence-corrected chi connectivity index (χ1v) is 33.3. The first-order valence-electron chi connectivity index (χ1n) is 25.9. The van der Waals surface area contributed by atoms with Gasteiger partial charge < -0.3 is 54.2 Å². The van der Waals surface area contributed by atoms with Crippen LogP contribution < -0.4 is 16.0 Å². The number of likely N-dealkylation sites (N-methyl/N-ethyl adjacent to an activating group) is 1. The normalized spacial score (nSPS) is 17.2. The number of rotatable bonds is 21. The van der Waals surface area contributed by atoms with Crippen LogP contribution in [0.15, 0.2) is 59.7 Å². The zero-order valence-corrected chi connectivity index (χ0v) is 47.8. The van der Waals surface area contributed by atoms with Crippen LogP contribution in [0.25, 0.3) is 11.3 Å². The number of alkyl carbamates (subject to hydrolysis) is 2. The molecule has 73 heavy (non-hydrogen) atoms. The van der Waals surface area contributed by atoms with Crippen molar-refractivity contribution in [2.24, 2.45) is 16.8 Å². The molecule has 3 heterocycles. The summed E-state index contributed by atoms with van der Waals surface area (Å²) in [7, 11) is -0.0841. The molecule has 0 unspecified atom stereocenters. The van der Waals surface area contributed by atoms with Crippen LogP contribution in [0.4, 0.5) is 15.3 Å². The van der Waals surface area contributed by atoms with E-state index in [1.54, 1.807) is 0 Å². The number of methoxy groups -OCH3 is 2. The molecule has 2 aromatic carbocycles. The van der Waals surface area contributed by atoms with Crippen LogP contribution in [0.5, 0.6) is 0 Å². The summed E-state index contributed by atoms with van der Waals surface area (Å²) in [5.41, 5.74) is 4.17. The van der Waals surface area contributed by atoms with Crippen molar-refractivity contribution in [2.45, 2.75) is 130 Å². The molecule has 0 bridgehead atoms. The minimum absolute atomic E-state index is 0.146. The highest BCUT2D eigenvalue weighted by molar-refractivity contribution is 6.76. The first kappa shape index (κ1) is 58.4. The third-order valence-electron chi connectivity index (χ3n) is 13.1. The fourth-order valence-corrected chi connectivity index (χ4v) is 10.2. The standard InChI is InChI=1S/C54H83N9O8Si2/c1-14-60(36-70-30-32-72(8,9)10)50(46-34-55-27-29-62(46)52(65)48(39(4)5)59-54(67)69-7)57-43-25-21-41(22-26-43)18-17-40-19-23-42(24-20-40)45-35-56-49(63(45)37-71-31-33-73(11,12)13)44-16-15-28-61(44)51(64)47(38(2)3)58-53(66)68-6/h19-26,35,38-39,44,46-48,55H,14-16,27-34,36-37H2,1-13H3,(H,58,66)(H,59,67)/b57-50-/t44-,46-,47-,48-/m0/s1. The fraction of sp³-hybridized carbons (Fsp3) is 0.593. The second-order valence-corrected chi connectivity index (χ2v) is 33.2. The van der Waals surface area contributed by atoms with Gasteiger partial charge in [0.05, 0.1) is 37.8 Å². The van der Waals surface area contributed by atoms with Crippen LogP contribution >= 0.6 is 0 Å². The van der Waals surface area contributed by atoms with Gasteiger partial charge in [-0.2, -0.15) is 0 Å². The minimum Gasteiger partial charge on any atom is -0.453 e. The molecule has 0 spiro atoms. The van der Waals surface area contributed by atoms with E-state index in [2.05, 4.69) is 83.5 Å². The van der Waals surface area contributed by atoms with E-state index < -0.39 is 46.5 Å². The zero-order chi connectivity index (χ0) is 53.5. The lowest BCUT2D eigenvalue weighted by Gasteiger charge is -2.42. The van der Waals surface area contributed by atoms with Crippen LogP contribution in [0.2, 0.25) is 51.4 Å². The lowest BCUT2D eigenvalue weighted by Crippen LogP contribution is -2.64. The number of carbonyl (C=O) groups excluding carboxylic acids is 4. The van der Waals surface area contributed by atoms with E-state index >= 15 is 0 Å². The highest BCUT2D eigenvalue weighted by Crippen LogP contribution is 2.35. The van der Waals surface area contributed by atoms with Gasteiger partial charge in [-0.05, 0) is 85.7 Å². The Balaban J connectivity index is 1.41. The number of imidazole rings is 1. The Morgan fingerprint density at radius 2 is 1.34 bits per heavy atom. The molecular weight excluding hydrogens is 959 g/mol. The third kappa shape index (κ3) is 17.0. The summed E-state index contributed by atoms with van der Waals surface area (Å²) in [5, 5.41) is 8.98. The Bertz CT molecular complexity index is 2390. The number of nitrogens with zero attached hydrogens (tertiary/aromatic N) is 6. The van der Waals surface area contributed by atoms with Crippen molar-refractivity contribution >= 4 is 51.7 Å². The van der Waals surface area contributed by atoms with Crippen LogP contribution in [-0.2, 0) is 35.3 Å². The van der Waals surface area contributed by atoms with Crippen LogP contribution in [0.1, 0.15) is 70.5 Å². The van der Waals surface area contributed by atoms with Gasteiger partial charge in [0, 0.05) is 73.2 Å². The Morgan fingerprint density at radius 1 is 0.795 bits per heavy atom. The molecule has 2 saturated heterocycles. The number of aliphatic imine (C=N–C) groups is 1. The summed E-state index contributed by atoms with van der Waals surface area (Å²) in [5.74, 6) is 7.42. The maximum atomic E-state index is 14.3. The summed E-state index contributed by atoms with van der Waals surface area (Å²) in [4.78, 5) is 68.8. The molecule has 0 saturated carbocycles. The molecule has 17 nitrogen and oxygen atoms in total. The molecule has 1 aromatic heterocycles. The van der Waals surface area contributed by atoms with Crippen molar-refractivity contribution in [3.05, 3.63) is 71.7 Å². The Labute approximate surface area is 436 Å². The Morgan fingerprint density at radius 3 is 1.88 bits per heavy atom. The summed E-state index contributed by atoms with van der Waals surface area (Å²) in [6.07, 6.45) is 2.12. The number of nitrogens with one attached hydrogen (secondary N) is 3. The summed E-state index contributed by atoms with van der Waals surface area (Å²) in [6, 6.07) is 15.6. The average molecular weight is 1040 g/mol. The van der Waals surface area contributed by atoms with E-state index in [1.165, 1.54) is 14.2 Å². The first-order chi connectivity index (χ1) is 34.6. The van der Waals surface area contributed by atoms with Gasteiger partial charge in [-0.3, -0.25) is 9.59 Å². The molecule has 5 rings (SSSR count). The van der Waals surface area contributed by atoms with Crippen LogP contribution in [-0.4, -0.2) is 155 Å². The highest BCUT2D eigenvalue weighted by Gasteiger charge is 2.40. The van der Waals surface area contributed by atoms with E-state index in [4.69, 9.17) is 28.9 Å². The monoisotopic (exact) mass is 1040 g/mol. The van der Waals surface area contributed by atoms with E-state index in [0.717, 1.165) is 53.1 Å². The number of hydrogen-bond acceptors (Lipinski definition) is 11. The molecule has 400 valence electrons. The second kappa shape index (κ2) is 27.1. The number of piperazine rings is 1. The van der Waals surface area contributed by atoms with E-state index in [0.29, 0.717) is 64.2 Å². The van der Waals surface area contributed by atoms with Gasteiger partial charge in [-0.15, -0.1) is 0 Å². The van der Waals surface area contributed by atoms with Crippen LogP contribution in [0.3, 0.4) is 0 Å². The molecule has 0 aliphatic carbocycles. The lowest BCUT2D eigenvalue weighted by atomic mass is 10.0. The smallest absolute Gasteiger partial charge is 0.407 e. The van der Waals surface area contributed by atoms with Gasteiger partial charge in [-0.1, -0.05) is 91.0 Å². The summed E-state index contributed by atoms with van der Waals surface area (Å²) >= 11 is 0. The molecule has 4 amide bonds. The SMILES string of the molecule is CCN(COCC[Si](C)(C)C)/C(=N\c1ccc(C#Cc2ccc(-c3cnc([C@@H]4CCCN4C(=O)[C@@H](NC(=O)OC)C(C)C)n3COCC[Si](C)(C)C)cc2)cc1)[C@@H]1CNCCN1C(=O)[C@@H](NC(=O)OC)C(C)C. The van der Waals surface area contributed by atoms with Crippen molar-refractivity contribution in [3.63, 3.8) is 0 Å². The number of carbonyl (C=O) groups is 4. The van der Waals surface area contributed by atoms with Gasteiger partial charge in [0.1, 0.15) is 43.2 Å². The number of hydrogen-bond donors (Lipinski definition) is 3. The molecule has 2 aliphatic heterocycles. The fourth-order valence-electron chi connectivity index (χ4n) is 8.66. The Hall–Kier alpha value is -5.53. The third-order valence-corrected chi connectivity index (χ3v) is 16.5. The van der Waals surface area contributed by atoms with Crippen LogP contribution in [0, 0.1) is 23.7 Å². The predicted molar refractivity (Wildman–Crippen MR) is 293 cm³/mol. The second-order valence-electron chi connectivity index (χ2n) is 22.0. The van der Waals surface area contributed by atoms with Gasteiger partial charge >= 0.3 is 12.2 Å². The van der Waals surface area contributed by atoms with E-state index in [-0.39, 0.29) is 36.4 Å². The van der Waals surface area contributed by atoms with Crippen molar-refractivity contribution < 1.29 is 38.1 Å². The topological polar surface area (TPSA) is 181 Å². The van der Waals surface area contributed by atoms with Gasteiger partial charge in [0.25, 0.3) is 0 Å². The number of amides is 4. The van der Waals surface area contributed by atoms with Gasteiger partial charge in [-0.25, -0.2) is 19.6 Å². The molecule has 0 radical (unpaired) electrons. The van der Waals surface area contributed by atoms with Crippen molar-refractivity contribution in [1.82, 2.24) is 40.2 Å². The molecule has 19 heteroatoms.